The number of rotatable bonds is 9. The number of halogens is 3. The molecular formula is C29H30F3N7O3S. The van der Waals surface area contributed by atoms with Crippen LogP contribution in [0, 0.1) is 0 Å². The number of benzene rings is 2. The summed E-state index contributed by atoms with van der Waals surface area (Å²) in [7, 11) is 1.31. The van der Waals surface area contributed by atoms with Crippen LogP contribution in [0.4, 0.5) is 29.7 Å². The van der Waals surface area contributed by atoms with Crippen LogP contribution in [-0.2, 0) is 9.53 Å². The molecule has 4 aromatic rings. The first kappa shape index (κ1) is 28.9. The number of carbonyl (C=O) groups is 1. The third-order valence-corrected chi connectivity index (χ3v) is 8.27. The summed E-state index contributed by atoms with van der Waals surface area (Å²) in [5.41, 5.74) is 4.25. The molecule has 0 spiro atoms. The number of imidazole rings is 1. The first-order valence-electron chi connectivity index (χ1n) is 14.0. The SMILES string of the molecule is CCN1CCN(c2cc3c(cc2Nc2nnc(/C=C/C(=O)OC)s2)nc(-c2ccc(OC(F)(F)F)cc2)n3C2CC2)CC1. The van der Waals surface area contributed by atoms with Gasteiger partial charge in [0, 0.05) is 43.9 Å². The molecule has 2 aromatic heterocycles. The van der Waals surface area contributed by atoms with Crippen LogP contribution in [0.25, 0.3) is 28.5 Å². The Balaban J connectivity index is 1.39. The third kappa shape index (κ3) is 6.59. The highest BCUT2D eigenvalue weighted by Crippen LogP contribution is 2.44. The Labute approximate surface area is 249 Å². The van der Waals surface area contributed by atoms with E-state index in [2.05, 4.69) is 52.3 Å². The highest BCUT2D eigenvalue weighted by atomic mass is 32.1. The van der Waals surface area contributed by atoms with E-state index in [1.54, 1.807) is 18.2 Å². The number of nitrogens with zero attached hydrogens (tertiary/aromatic N) is 6. The van der Waals surface area contributed by atoms with Gasteiger partial charge >= 0.3 is 12.3 Å². The lowest BCUT2D eigenvalue weighted by molar-refractivity contribution is -0.274. The number of ether oxygens (including phenoxy) is 2. The van der Waals surface area contributed by atoms with Gasteiger partial charge in [-0.25, -0.2) is 9.78 Å². The fraction of sp³-hybridized carbons (Fsp3) is 0.379. The molecule has 2 aliphatic rings. The van der Waals surface area contributed by atoms with Gasteiger partial charge in [0.05, 0.1) is 29.5 Å². The molecule has 10 nitrogen and oxygen atoms in total. The van der Waals surface area contributed by atoms with Crippen molar-refractivity contribution in [2.24, 2.45) is 0 Å². The number of fused-ring (bicyclic) bond motifs is 1. The summed E-state index contributed by atoms with van der Waals surface area (Å²) in [6.07, 6.45) is 0.104. The Hall–Kier alpha value is -4.17. The molecule has 1 aliphatic heterocycles. The minimum absolute atomic E-state index is 0.266. The zero-order chi connectivity index (χ0) is 30.1. The highest BCUT2D eigenvalue weighted by molar-refractivity contribution is 7.16. The number of aromatic nitrogens is 4. The number of hydrogen-bond acceptors (Lipinski definition) is 10. The van der Waals surface area contributed by atoms with Crippen molar-refractivity contribution in [3.8, 4) is 17.1 Å². The molecule has 6 rings (SSSR count). The fourth-order valence-electron chi connectivity index (χ4n) is 5.18. The van der Waals surface area contributed by atoms with Crippen molar-refractivity contribution in [1.82, 2.24) is 24.6 Å². The van der Waals surface area contributed by atoms with Crippen LogP contribution in [0.2, 0.25) is 0 Å². The van der Waals surface area contributed by atoms with Crippen molar-refractivity contribution in [1.29, 1.82) is 0 Å². The number of esters is 1. The summed E-state index contributed by atoms with van der Waals surface area (Å²) in [4.78, 5) is 21.2. The lowest BCUT2D eigenvalue weighted by atomic mass is 10.2. The van der Waals surface area contributed by atoms with Gasteiger partial charge in [0.25, 0.3) is 0 Å². The number of alkyl halides is 3. The predicted octanol–water partition coefficient (Wildman–Crippen LogP) is 5.86. The van der Waals surface area contributed by atoms with E-state index in [1.807, 2.05) is 6.07 Å². The number of likely N-dealkylation sites (N-methyl/N-ethyl adjacent to an activating group) is 1. The summed E-state index contributed by atoms with van der Waals surface area (Å²) in [5, 5.41) is 12.9. The molecule has 1 aliphatic carbocycles. The smallest absolute Gasteiger partial charge is 0.466 e. The van der Waals surface area contributed by atoms with Gasteiger partial charge in [-0.3, -0.25) is 0 Å². The van der Waals surface area contributed by atoms with E-state index in [4.69, 9.17) is 4.98 Å². The van der Waals surface area contributed by atoms with Gasteiger partial charge < -0.3 is 29.2 Å². The van der Waals surface area contributed by atoms with Crippen molar-refractivity contribution in [2.75, 3.05) is 50.1 Å². The molecule has 2 aromatic carbocycles. The molecule has 1 saturated carbocycles. The average molecular weight is 614 g/mol. The minimum atomic E-state index is -4.75. The quantitative estimate of drug-likeness (QED) is 0.184. The van der Waals surface area contributed by atoms with Crippen molar-refractivity contribution in [3.05, 3.63) is 47.5 Å². The standard InChI is InChI=1S/C29H30F3N7O3S/c1-3-37-12-14-38(15-13-37)23-17-24-22(16-21(23)34-28-36-35-25(43-28)10-11-26(40)41-2)33-27(39(24)19-6-7-19)18-4-8-20(9-5-18)42-29(30,31)32/h4-5,8-11,16-17,19H,3,6-7,12-15H2,1-2H3,(H,34,36)/b11-10+. The zero-order valence-corrected chi connectivity index (χ0v) is 24.4. The Bertz CT molecular complexity index is 1640. The Morgan fingerprint density at radius 3 is 2.51 bits per heavy atom. The topological polar surface area (TPSA) is 97.6 Å². The third-order valence-electron chi connectivity index (χ3n) is 7.47. The summed E-state index contributed by atoms with van der Waals surface area (Å²) < 4.78 is 49.1. The van der Waals surface area contributed by atoms with Crippen LogP contribution < -0.4 is 15.0 Å². The molecule has 0 radical (unpaired) electrons. The van der Waals surface area contributed by atoms with Gasteiger partial charge in [0.2, 0.25) is 5.13 Å². The van der Waals surface area contributed by atoms with Gasteiger partial charge in [-0.15, -0.1) is 23.4 Å². The molecule has 1 saturated heterocycles. The molecule has 0 amide bonds. The number of nitrogens with one attached hydrogen (secondary N) is 1. The summed E-state index contributed by atoms with van der Waals surface area (Å²) >= 11 is 1.30. The van der Waals surface area contributed by atoms with E-state index >= 15 is 0 Å². The number of carbonyl (C=O) groups excluding carboxylic acids is 1. The number of anilines is 3. The van der Waals surface area contributed by atoms with Crippen LogP contribution in [0.5, 0.6) is 5.75 Å². The largest absolute Gasteiger partial charge is 0.573 e. The van der Waals surface area contributed by atoms with Crippen LogP contribution in [0.3, 0.4) is 0 Å². The summed E-state index contributed by atoms with van der Waals surface area (Å²) in [6.45, 7) is 6.73. The van der Waals surface area contributed by atoms with Crippen LogP contribution in [0.15, 0.2) is 42.5 Å². The maximum atomic E-state index is 12.7. The second-order valence-electron chi connectivity index (χ2n) is 10.3. The first-order valence-corrected chi connectivity index (χ1v) is 14.8. The first-order chi connectivity index (χ1) is 20.7. The van der Waals surface area contributed by atoms with E-state index in [0.29, 0.717) is 21.5 Å². The Kier molecular flexibility index (Phi) is 7.97. The maximum absolute atomic E-state index is 12.7. The second kappa shape index (κ2) is 11.8. The molecule has 3 heterocycles. The van der Waals surface area contributed by atoms with Crippen LogP contribution in [0.1, 0.15) is 30.8 Å². The molecule has 1 N–H and O–H groups in total. The van der Waals surface area contributed by atoms with Gasteiger partial charge in [-0.2, -0.15) is 0 Å². The van der Waals surface area contributed by atoms with E-state index in [1.165, 1.54) is 36.7 Å². The lowest BCUT2D eigenvalue weighted by Crippen LogP contribution is -2.46. The minimum Gasteiger partial charge on any atom is -0.466 e. The van der Waals surface area contributed by atoms with Gasteiger partial charge in [-0.1, -0.05) is 18.3 Å². The molecule has 14 heteroatoms. The van der Waals surface area contributed by atoms with Crippen molar-refractivity contribution in [2.45, 2.75) is 32.2 Å². The molecule has 43 heavy (non-hydrogen) atoms. The fourth-order valence-corrected chi connectivity index (χ4v) is 5.84. The Morgan fingerprint density at radius 1 is 1.12 bits per heavy atom. The molecule has 0 atom stereocenters. The Morgan fingerprint density at radius 2 is 1.86 bits per heavy atom. The van der Waals surface area contributed by atoms with Crippen molar-refractivity contribution < 1.29 is 27.4 Å². The van der Waals surface area contributed by atoms with E-state index in [-0.39, 0.29) is 11.8 Å². The normalized spacial score (nSPS) is 16.3. The lowest BCUT2D eigenvalue weighted by Gasteiger charge is -2.36. The number of hydrogen-bond donors (Lipinski definition) is 1. The van der Waals surface area contributed by atoms with Crippen molar-refractivity contribution in [3.63, 3.8) is 0 Å². The summed E-state index contributed by atoms with van der Waals surface area (Å²) in [5.74, 6) is -0.0578. The monoisotopic (exact) mass is 613 g/mol. The van der Waals surface area contributed by atoms with E-state index < -0.39 is 12.3 Å². The maximum Gasteiger partial charge on any atom is 0.573 e. The highest BCUT2D eigenvalue weighted by Gasteiger charge is 2.32. The van der Waals surface area contributed by atoms with Crippen LogP contribution >= 0.6 is 11.3 Å². The van der Waals surface area contributed by atoms with E-state index in [0.717, 1.165) is 68.0 Å². The summed E-state index contributed by atoms with van der Waals surface area (Å²) in [6, 6.07) is 10.2. The number of piperazine rings is 1. The van der Waals surface area contributed by atoms with Gasteiger partial charge in [-0.05, 0) is 61.9 Å². The van der Waals surface area contributed by atoms with E-state index in [9.17, 15) is 18.0 Å². The van der Waals surface area contributed by atoms with Gasteiger partial charge in [0.15, 0.2) is 0 Å². The predicted molar refractivity (Wildman–Crippen MR) is 159 cm³/mol. The molecule has 2 fully saturated rings. The molecule has 0 unspecified atom stereocenters. The molecular weight excluding hydrogens is 583 g/mol. The second-order valence-corrected chi connectivity index (χ2v) is 11.3. The van der Waals surface area contributed by atoms with Gasteiger partial charge in [0.1, 0.15) is 16.6 Å². The molecule has 226 valence electrons. The molecule has 0 bridgehead atoms. The van der Waals surface area contributed by atoms with Crippen LogP contribution in [-0.4, -0.2) is 76.8 Å². The van der Waals surface area contributed by atoms with Crippen molar-refractivity contribution >= 4 is 50.9 Å². The average Bonchev–Trinajstić information content (AvgIpc) is 3.62. The zero-order valence-electron chi connectivity index (χ0n) is 23.6. The number of methoxy groups -OCH3 is 1.